The van der Waals surface area contributed by atoms with E-state index in [1.807, 2.05) is 37.3 Å². The Hall–Kier alpha value is -1.68. The van der Waals surface area contributed by atoms with E-state index in [-0.39, 0.29) is 6.42 Å². The Morgan fingerprint density at radius 2 is 2.06 bits per heavy atom. The van der Waals surface area contributed by atoms with E-state index in [0.29, 0.717) is 0 Å². The molecule has 0 aliphatic carbocycles. The van der Waals surface area contributed by atoms with Crippen LogP contribution in [0.1, 0.15) is 9.88 Å². The smallest absolute Gasteiger partial charge is 0.308 e. The molecule has 0 saturated heterocycles. The number of aryl methyl sites for hydroxylation is 1. The number of aromatic nitrogens is 1. The van der Waals surface area contributed by atoms with Crippen LogP contribution in [-0.4, -0.2) is 16.1 Å². The number of carboxylic acids is 1. The number of carboxylic acid groups (broad SMARTS) is 1. The molecule has 0 unspecified atom stereocenters. The molecule has 4 heteroatoms. The summed E-state index contributed by atoms with van der Waals surface area (Å²) < 4.78 is 0. The van der Waals surface area contributed by atoms with Crippen LogP contribution in [-0.2, 0) is 11.2 Å². The van der Waals surface area contributed by atoms with Crippen molar-refractivity contribution in [2.45, 2.75) is 13.3 Å². The molecular weight excluding hydrogens is 222 g/mol. The van der Waals surface area contributed by atoms with Crippen LogP contribution in [0.25, 0.3) is 11.3 Å². The predicted octanol–water partition coefficient (Wildman–Crippen LogP) is 2.75. The minimum Gasteiger partial charge on any atom is -0.481 e. The lowest BCUT2D eigenvalue weighted by Crippen LogP contribution is -1.99. The topological polar surface area (TPSA) is 50.2 Å². The Balaban J connectivity index is 2.44. The Kier molecular flexibility index (Phi) is 3.01. The third-order valence-electron chi connectivity index (χ3n) is 2.16. The second-order valence-corrected chi connectivity index (χ2v) is 4.73. The van der Waals surface area contributed by atoms with Crippen molar-refractivity contribution in [3.63, 3.8) is 0 Å². The summed E-state index contributed by atoms with van der Waals surface area (Å²) in [5, 5.41) is 9.72. The fourth-order valence-corrected chi connectivity index (χ4v) is 2.50. The molecular formula is C12H11NO2S. The maximum absolute atomic E-state index is 10.7. The van der Waals surface area contributed by atoms with Gasteiger partial charge in [-0.1, -0.05) is 30.3 Å². The summed E-state index contributed by atoms with van der Waals surface area (Å²) in [7, 11) is 0. The Morgan fingerprint density at radius 1 is 1.38 bits per heavy atom. The first-order chi connectivity index (χ1) is 7.66. The zero-order valence-electron chi connectivity index (χ0n) is 8.80. The molecule has 16 heavy (non-hydrogen) atoms. The minimum absolute atomic E-state index is 0.0374. The molecule has 1 N–H and O–H groups in total. The number of hydrogen-bond donors (Lipinski definition) is 1. The molecule has 0 bridgehead atoms. The predicted molar refractivity (Wildman–Crippen MR) is 63.6 cm³/mol. The molecule has 0 radical (unpaired) electrons. The molecule has 0 amide bonds. The fraction of sp³-hybridized carbons (Fsp3) is 0.167. The quantitative estimate of drug-likeness (QED) is 0.886. The average Bonchev–Trinajstić information content (AvgIpc) is 2.60. The van der Waals surface area contributed by atoms with Crippen molar-refractivity contribution in [3.8, 4) is 11.3 Å². The van der Waals surface area contributed by atoms with Gasteiger partial charge in [-0.25, -0.2) is 4.98 Å². The van der Waals surface area contributed by atoms with Gasteiger partial charge in [0.2, 0.25) is 0 Å². The maximum Gasteiger partial charge on any atom is 0.308 e. The molecule has 1 aromatic heterocycles. The number of aliphatic carboxylic acids is 1. The first-order valence-corrected chi connectivity index (χ1v) is 5.72. The summed E-state index contributed by atoms with van der Waals surface area (Å²) in [6.07, 6.45) is 0.0374. The van der Waals surface area contributed by atoms with E-state index >= 15 is 0 Å². The van der Waals surface area contributed by atoms with Gasteiger partial charge in [-0.15, -0.1) is 11.3 Å². The number of hydrogen-bond acceptors (Lipinski definition) is 3. The van der Waals surface area contributed by atoms with Gasteiger partial charge in [-0.3, -0.25) is 4.79 Å². The third kappa shape index (κ3) is 2.28. The van der Waals surface area contributed by atoms with Crippen LogP contribution in [0.2, 0.25) is 0 Å². The largest absolute Gasteiger partial charge is 0.481 e. The van der Waals surface area contributed by atoms with Gasteiger partial charge in [-0.05, 0) is 6.92 Å². The monoisotopic (exact) mass is 233 g/mol. The summed E-state index contributed by atoms with van der Waals surface area (Å²) in [6, 6.07) is 9.67. The lowest BCUT2D eigenvalue weighted by Gasteiger charge is -1.99. The second kappa shape index (κ2) is 4.45. The molecule has 0 aliphatic rings. The van der Waals surface area contributed by atoms with Crippen molar-refractivity contribution in [3.05, 3.63) is 40.2 Å². The molecule has 0 atom stereocenters. The zero-order chi connectivity index (χ0) is 11.5. The molecule has 1 heterocycles. The fourth-order valence-electron chi connectivity index (χ4n) is 1.55. The molecule has 0 saturated carbocycles. The summed E-state index contributed by atoms with van der Waals surface area (Å²) in [6.45, 7) is 1.89. The van der Waals surface area contributed by atoms with Crippen molar-refractivity contribution in [1.29, 1.82) is 0 Å². The highest BCUT2D eigenvalue weighted by atomic mass is 32.1. The first kappa shape index (κ1) is 10.8. The van der Waals surface area contributed by atoms with E-state index in [2.05, 4.69) is 4.98 Å². The van der Waals surface area contributed by atoms with Gasteiger partial charge < -0.3 is 5.11 Å². The van der Waals surface area contributed by atoms with E-state index in [1.165, 1.54) is 11.3 Å². The molecule has 0 aliphatic heterocycles. The van der Waals surface area contributed by atoms with Crippen LogP contribution >= 0.6 is 11.3 Å². The van der Waals surface area contributed by atoms with E-state index in [1.54, 1.807) is 0 Å². The van der Waals surface area contributed by atoms with Gasteiger partial charge in [0.1, 0.15) is 0 Å². The highest BCUT2D eigenvalue weighted by Gasteiger charge is 2.13. The van der Waals surface area contributed by atoms with E-state index < -0.39 is 5.97 Å². The zero-order valence-corrected chi connectivity index (χ0v) is 9.62. The lowest BCUT2D eigenvalue weighted by atomic mass is 10.1. The van der Waals surface area contributed by atoms with Crippen molar-refractivity contribution in [1.82, 2.24) is 4.98 Å². The summed E-state index contributed by atoms with van der Waals surface area (Å²) in [5.74, 6) is -0.819. The summed E-state index contributed by atoms with van der Waals surface area (Å²) >= 11 is 1.45. The van der Waals surface area contributed by atoms with Crippen LogP contribution in [0.5, 0.6) is 0 Å². The van der Waals surface area contributed by atoms with Gasteiger partial charge in [0.25, 0.3) is 0 Å². The van der Waals surface area contributed by atoms with Crippen LogP contribution in [0.15, 0.2) is 30.3 Å². The van der Waals surface area contributed by atoms with Crippen LogP contribution in [0.3, 0.4) is 0 Å². The molecule has 0 fully saturated rings. The van der Waals surface area contributed by atoms with Crippen LogP contribution in [0.4, 0.5) is 0 Å². The lowest BCUT2D eigenvalue weighted by molar-refractivity contribution is -0.136. The highest BCUT2D eigenvalue weighted by molar-refractivity contribution is 7.12. The summed E-state index contributed by atoms with van der Waals surface area (Å²) in [5.41, 5.74) is 1.77. The van der Waals surface area contributed by atoms with E-state index in [4.69, 9.17) is 5.11 Å². The first-order valence-electron chi connectivity index (χ1n) is 4.90. The molecule has 82 valence electrons. The average molecular weight is 233 g/mol. The summed E-state index contributed by atoms with van der Waals surface area (Å²) in [4.78, 5) is 15.9. The SMILES string of the molecule is Cc1nc(-c2ccccc2)c(CC(=O)O)s1. The number of benzene rings is 1. The standard InChI is InChI=1S/C12H11NO2S/c1-8-13-12(9-5-3-2-4-6-9)10(16-8)7-11(14)15/h2-6H,7H2,1H3,(H,14,15). The van der Waals surface area contributed by atoms with Gasteiger partial charge in [0.05, 0.1) is 17.1 Å². The molecule has 0 spiro atoms. The van der Waals surface area contributed by atoms with Gasteiger partial charge >= 0.3 is 5.97 Å². The van der Waals surface area contributed by atoms with E-state index in [9.17, 15) is 4.79 Å². The Morgan fingerprint density at radius 3 is 2.69 bits per heavy atom. The number of carbonyl (C=O) groups is 1. The minimum atomic E-state index is -0.819. The highest BCUT2D eigenvalue weighted by Crippen LogP contribution is 2.28. The molecule has 3 nitrogen and oxygen atoms in total. The van der Waals surface area contributed by atoms with Crippen molar-refractivity contribution in [2.75, 3.05) is 0 Å². The van der Waals surface area contributed by atoms with Crippen molar-refractivity contribution < 1.29 is 9.90 Å². The van der Waals surface area contributed by atoms with Gasteiger partial charge in [-0.2, -0.15) is 0 Å². The molecule has 1 aromatic carbocycles. The number of nitrogens with zero attached hydrogens (tertiary/aromatic N) is 1. The van der Waals surface area contributed by atoms with Crippen LogP contribution in [0, 0.1) is 6.92 Å². The van der Waals surface area contributed by atoms with Crippen molar-refractivity contribution in [2.24, 2.45) is 0 Å². The molecule has 2 rings (SSSR count). The van der Waals surface area contributed by atoms with Gasteiger partial charge in [0, 0.05) is 10.4 Å². The number of rotatable bonds is 3. The maximum atomic E-state index is 10.7. The van der Waals surface area contributed by atoms with Crippen LogP contribution < -0.4 is 0 Å². The normalized spacial score (nSPS) is 10.3. The second-order valence-electron chi connectivity index (χ2n) is 3.44. The number of thiazole rings is 1. The Labute approximate surface area is 97.4 Å². The van der Waals surface area contributed by atoms with Gasteiger partial charge in [0.15, 0.2) is 0 Å². The molecule has 2 aromatic rings. The third-order valence-corrected chi connectivity index (χ3v) is 3.13. The Bertz CT molecular complexity index is 505. The van der Waals surface area contributed by atoms with Crippen molar-refractivity contribution >= 4 is 17.3 Å². The van der Waals surface area contributed by atoms with E-state index in [0.717, 1.165) is 21.1 Å².